The lowest BCUT2D eigenvalue weighted by molar-refractivity contribution is -0.135. The Labute approximate surface area is 139 Å². The number of rotatable bonds is 4. The van der Waals surface area contributed by atoms with Crippen molar-refractivity contribution in [1.29, 1.82) is 0 Å². The van der Waals surface area contributed by atoms with Crippen molar-refractivity contribution in [3.05, 3.63) is 34.1 Å². The Balaban J connectivity index is 0.00000220. The van der Waals surface area contributed by atoms with E-state index < -0.39 is 0 Å². The molecule has 0 radical (unpaired) electrons. The lowest BCUT2D eigenvalue weighted by Crippen LogP contribution is -2.35. The second-order valence-electron chi connectivity index (χ2n) is 5.36. The first-order chi connectivity index (χ1) is 9.51. The fourth-order valence-corrected chi connectivity index (χ4v) is 3.12. The van der Waals surface area contributed by atoms with Gasteiger partial charge in [0.15, 0.2) is 0 Å². The number of hydrogen-bond acceptors (Lipinski definition) is 2. The zero-order valence-electron chi connectivity index (χ0n) is 12.0. The molecule has 1 aromatic rings. The van der Waals surface area contributed by atoms with Gasteiger partial charge in [-0.25, -0.2) is 4.39 Å². The zero-order valence-corrected chi connectivity index (χ0v) is 14.4. The molecule has 1 saturated carbocycles. The highest BCUT2D eigenvalue weighted by atomic mass is 79.9. The molecule has 1 fully saturated rings. The van der Waals surface area contributed by atoms with Crippen molar-refractivity contribution in [1.82, 2.24) is 4.90 Å². The van der Waals surface area contributed by atoms with Gasteiger partial charge in [0, 0.05) is 35.1 Å². The van der Waals surface area contributed by atoms with E-state index in [4.69, 9.17) is 5.73 Å². The quantitative estimate of drug-likeness (QED) is 0.870. The van der Waals surface area contributed by atoms with E-state index >= 15 is 0 Å². The number of carbonyl (C=O) groups is 1. The molecule has 6 heteroatoms. The maximum absolute atomic E-state index is 13.8. The van der Waals surface area contributed by atoms with E-state index in [2.05, 4.69) is 15.9 Å². The van der Waals surface area contributed by atoms with Gasteiger partial charge in [0.2, 0.25) is 5.91 Å². The van der Waals surface area contributed by atoms with E-state index in [1.807, 2.05) is 6.92 Å². The Morgan fingerprint density at radius 2 is 2.19 bits per heavy atom. The Bertz CT molecular complexity index is 501. The number of carbonyl (C=O) groups excluding carboxylic acids is 1. The van der Waals surface area contributed by atoms with Gasteiger partial charge < -0.3 is 10.6 Å². The van der Waals surface area contributed by atoms with Crippen molar-refractivity contribution in [2.75, 3.05) is 6.54 Å². The summed E-state index contributed by atoms with van der Waals surface area (Å²) in [4.78, 5) is 14.2. The van der Waals surface area contributed by atoms with E-state index in [1.165, 1.54) is 6.07 Å². The summed E-state index contributed by atoms with van der Waals surface area (Å²) in [5.74, 6) is -0.178. The van der Waals surface area contributed by atoms with E-state index in [-0.39, 0.29) is 36.1 Å². The van der Waals surface area contributed by atoms with Crippen LogP contribution in [0, 0.1) is 11.7 Å². The van der Waals surface area contributed by atoms with Crippen LogP contribution >= 0.6 is 28.3 Å². The van der Waals surface area contributed by atoms with Crippen molar-refractivity contribution >= 4 is 34.2 Å². The third kappa shape index (κ3) is 4.66. The number of hydrogen-bond donors (Lipinski definition) is 1. The van der Waals surface area contributed by atoms with Gasteiger partial charge in [-0.3, -0.25) is 4.79 Å². The van der Waals surface area contributed by atoms with Crippen LogP contribution in [0.25, 0.3) is 0 Å². The number of halogens is 3. The second kappa shape index (κ2) is 8.11. The van der Waals surface area contributed by atoms with Gasteiger partial charge >= 0.3 is 0 Å². The SMILES string of the molecule is CCN(Cc1cc(Br)ccc1F)C(=O)C1CCC(N)C1.Cl. The molecule has 1 aliphatic carbocycles. The van der Waals surface area contributed by atoms with Gasteiger partial charge in [-0.05, 0) is 44.4 Å². The van der Waals surface area contributed by atoms with E-state index in [0.29, 0.717) is 18.7 Å². The molecule has 2 unspecified atom stereocenters. The summed E-state index contributed by atoms with van der Waals surface area (Å²) in [6, 6.07) is 4.94. The Kier molecular flexibility index (Phi) is 7.10. The van der Waals surface area contributed by atoms with Gasteiger partial charge in [-0.2, -0.15) is 0 Å². The molecule has 1 aliphatic rings. The average molecular weight is 380 g/mol. The van der Waals surface area contributed by atoms with Crippen molar-refractivity contribution in [3.63, 3.8) is 0 Å². The summed E-state index contributed by atoms with van der Waals surface area (Å²) in [7, 11) is 0. The largest absolute Gasteiger partial charge is 0.338 e. The average Bonchev–Trinajstić information content (AvgIpc) is 2.85. The van der Waals surface area contributed by atoms with Crippen LogP contribution < -0.4 is 5.73 Å². The van der Waals surface area contributed by atoms with Gasteiger partial charge in [-0.15, -0.1) is 12.4 Å². The number of nitrogens with zero attached hydrogens (tertiary/aromatic N) is 1. The van der Waals surface area contributed by atoms with Crippen LogP contribution in [-0.2, 0) is 11.3 Å². The first-order valence-corrected chi connectivity index (χ1v) is 7.78. The molecule has 1 aromatic carbocycles. The summed E-state index contributed by atoms with van der Waals surface area (Å²) in [5, 5.41) is 0. The highest BCUT2D eigenvalue weighted by molar-refractivity contribution is 9.10. The number of amides is 1. The lowest BCUT2D eigenvalue weighted by Gasteiger charge is -2.24. The van der Waals surface area contributed by atoms with Crippen molar-refractivity contribution in [3.8, 4) is 0 Å². The third-order valence-electron chi connectivity index (χ3n) is 3.88. The van der Waals surface area contributed by atoms with Crippen LogP contribution in [0.15, 0.2) is 22.7 Å². The molecule has 21 heavy (non-hydrogen) atoms. The topological polar surface area (TPSA) is 46.3 Å². The summed E-state index contributed by atoms with van der Waals surface area (Å²) < 4.78 is 14.6. The second-order valence-corrected chi connectivity index (χ2v) is 6.27. The van der Waals surface area contributed by atoms with Gasteiger partial charge in [0.05, 0.1) is 0 Å². The first-order valence-electron chi connectivity index (χ1n) is 6.99. The molecule has 1 amide bonds. The molecule has 0 heterocycles. The smallest absolute Gasteiger partial charge is 0.226 e. The summed E-state index contributed by atoms with van der Waals surface area (Å²) in [6.45, 7) is 2.81. The normalized spacial score (nSPS) is 21.0. The van der Waals surface area contributed by atoms with Gasteiger partial charge in [-0.1, -0.05) is 15.9 Å². The zero-order chi connectivity index (χ0) is 14.7. The minimum absolute atomic E-state index is 0. The molecule has 2 N–H and O–H groups in total. The predicted molar refractivity (Wildman–Crippen MR) is 87.8 cm³/mol. The summed E-state index contributed by atoms with van der Waals surface area (Å²) in [5.41, 5.74) is 6.40. The lowest BCUT2D eigenvalue weighted by atomic mass is 10.1. The monoisotopic (exact) mass is 378 g/mol. The van der Waals surface area contributed by atoms with Crippen LogP contribution in [0.2, 0.25) is 0 Å². The van der Waals surface area contributed by atoms with Crippen LogP contribution in [0.4, 0.5) is 4.39 Å². The number of nitrogens with two attached hydrogens (primary N) is 1. The fraction of sp³-hybridized carbons (Fsp3) is 0.533. The Morgan fingerprint density at radius 3 is 2.76 bits per heavy atom. The highest BCUT2D eigenvalue weighted by Crippen LogP contribution is 2.27. The first kappa shape index (κ1) is 18.4. The standard InChI is InChI=1S/C15H20BrFN2O.ClH/c1-2-19(15(20)10-3-5-13(18)8-10)9-11-7-12(16)4-6-14(11)17;/h4,6-7,10,13H,2-3,5,8-9,18H2,1H3;1H. The van der Waals surface area contributed by atoms with Crippen molar-refractivity contribution < 1.29 is 9.18 Å². The molecule has 0 saturated heterocycles. The van der Waals surface area contributed by atoms with Crippen LogP contribution in [0.1, 0.15) is 31.7 Å². The Hall–Kier alpha value is -0.650. The molecule has 0 bridgehead atoms. The van der Waals surface area contributed by atoms with E-state index in [0.717, 1.165) is 23.7 Å². The molecule has 3 nitrogen and oxygen atoms in total. The van der Waals surface area contributed by atoms with Crippen molar-refractivity contribution in [2.45, 2.75) is 38.8 Å². The third-order valence-corrected chi connectivity index (χ3v) is 4.38. The van der Waals surface area contributed by atoms with E-state index in [1.54, 1.807) is 17.0 Å². The minimum atomic E-state index is -0.275. The van der Waals surface area contributed by atoms with Crippen LogP contribution in [0.5, 0.6) is 0 Å². The molecular weight excluding hydrogens is 359 g/mol. The van der Waals surface area contributed by atoms with Gasteiger partial charge in [0.25, 0.3) is 0 Å². The molecule has 2 atom stereocenters. The number of benzene rings is 1. The molecular formula is C15H21BrClFN2O. The van der Waals surface area contributed by atoms with Gasteiger partial charge in [0.1, 0.15) is 5.82 Å². The summed E-state index contributed by atoms with van der Waals surface area (Å²) in [6.07, 6.45) is 2.49. The van der Waals surface area contributed by atoms with Crippen molar-refractivity contribution in [2.24, 2.45) is 11.7 Å². The molecule has 0 aliphatic heterocycles. The highest BCUT2D eigenvalue weighted by Gasteiger charge is 2.30. The summed E-state index contributed by atoms with van der Waals surface area (Å²) >= 11 is 3.33. The Morgan fingerprint density at radius 1 is 1.48 bits per heavy atom. The minimum Gasteiger partial charge on any atom is -0.338 e. The van der Waals surface area contributed by atoms with E-state index in [9.17, 15) is 9.18 Å². The van der Waals surface area contributed by atoms with Crippen LogP contribution in [-0.4, -0.2) is 23.4 Å². The van der Waals surface area contributed by atoms with Crippen LogP contribution in [0.3, 0.4) is 0 Å². The molecule has 0 aromatic heterocycles. The molecule has 0 spiro atoms. The predicted octanol–water partition coefficient (Wildman–Crippen LogP) is 3.49. The maximum Gasteiger partial charge on any atom is 0.226 e. The molecule has 118 valence electrons. The maximum atomic E-state index is 13.8. The fourth-order valence-electron chi connectivity index (χ4n) is 2.71. The molecule has 2 rings (SSSR count).